The molecule has 1 amide bonds. The number of benzene rings is 3. The topological polar surface area (TPSA) is 83.0 Å². The highest BCUT2D eigenvalue weighted by atomic mass is 28.3. The molecule has 0 saturated carbocycles. The van der Waals surface area contributed by atoms with Gasteiger partial charge in [-0.2, -0.15) is 0 Å². The van der Waals surface area contributed by atoms with Crippen molar-refractivity contribution in [1.82, 2.24) is 14.8 Å². The summed E-state index contributed by atoms with van der Waals surface area (Å²) in [4.78, 5) is 16.5. The number of nitrogens with zero attached hydrogens (tertiary/aromatic N) is 3. The van der Waals surface area contributed by atoms with Crippen molar-refractivity contribution in [2.45, 2.75) is 39.0 Å². The number of aromatic nitrogens is 3. The fourth-order valence-electron chi connectivity index (χ4n) is 3.60. The fraction of sp³-hybridized carbons (Fsp3) is 0.222. The number of hydrogen-bond donors (Lipinski definition) is 1. The molecule has 2 N–H and O–H groups in total. The van der Waals surface area contributed by atoms with Crippen molar-refractivity contribution in [2.24, 2.45) is 5.73 Å². The molecule has 0 fully saturated rings. The third-order valence-electron chi connectivity index (χ3n) is 6.00. The van der Waals surface area contributed by atoms with Gasteiger partial charge in [0, 0.05) is 11.3 Å². The standard InChI is InChI=1S/C27H30N4O2Si/c1-19(34(2,3)4)33-18-31-27(25(28)32)29-26(30-31)22-14-10-13-21(17-22)24-16-9-8-15-23(24)20-11-6-5-7-12-20/h5-17,19H,18H2,1-4H3,(H2,28,32). The Labute approximate surface area is 201 Å². The van der Waals surface area contributed by atoms with Crippen LogP contribution in [-0.4, -0.2) is 34.5 Å². The molecular weight excluding hydrogens is 440 g/mol. The molecule has 7 heteroatoms. The maximum absolute atomic E-state index is 12.0. The average Bonchev–Trinajstić information content (AvgIpc) is 3.27. The van der Waals surface area contributed by atoms with Crippen molar-refractivity contribution in [2.75, 3.05) is 0 Å². The lowest BCUT2D eigenvalue weighted by Gasteiger charge is -2.25. The Bertz CT molecular complexity index is 1300. The highest BCUT2D eigenvalue weighted by Crippen LogP contribution is 2.33. The molecule has 0 spiro atoms. The van der Waals surface area contributed by atoms with Gasteiger partial charge in [0.15, 0.2) is 5.82 Å². The van der Waals surface area contributed by atoms with Crippen LogP contribution in [0.2, 0.25) is 19.6 Å². The number of amides is 1. The van der Waals surface area contributed by atoms with Gasteiger partial charge in [0.25, 0.3) is 5.91 Å². The Morgan fingerprint density at radius 3 is 2.15 bits per heavy atom. The first-order chi connectivity index (χ1) is 16.2. The highest BCUT2D eigenvalue weighted by molar-refractivity contribution is 6.77. The van der Waals surface area contributed by atoms with E-state index in [1.54, 1.807) is 0 Å². The van der Waals surface area contributed by atoms with Crippen LogP contribution in [0.25, 0.3) is 33.6 Å². The van der Waals surface area contributed by atoms with Gasteiger partial charge in [0.1, 0.15) is 6.73 Å². The Morgan fingerprint density at radius 1 is 0.912 bits per heavy atom. The van der Waals surface area contributed by atoms with Crippen LogP contribution >= 0.6 is 0 Å². The normalized spacial score (nSPS) is 12.5. The van der Waals surface area contributed by atoms with E-state index in [0.29, 0.717) is 5.82 Å². The van der Waals surface area contributed by atoms with Gasteiger partial charge in [-0.3, -0.25) is 4.79 Å². The Morgan fingerprint density at radius 2 is 1.50 bits per heavy atom. The van der Waals surface area contributed by atoms with Gasteiger partial charge in [0.05, 0.1) is 8.07 Å². The third-order valence-corrected chi connectivity index (χ3v) is 8.61. The molecule has 0 bridgehead atoms. The number of rotatable bonds is 8. The van der Waals surface area contributed by atoms with E-state index in [-0.39, 0.29) is 18.3 Å². The summed E-state index contributed by atoms with van der Waals surface area (Å²) in [6, 6.07) is 26.6. The molecule has 1 aromatic heterocycles. The van der Waals surface area contributed by atoms with Crippen LogP contribution in [0, 0.1) is 0 Å². The molecule has 1 unspecified atom stereocenters. The predicted molar refractivity (Wildman–Crippen MR) is 139 cm³/mol. The summed E-state index contributed by atoms with van der Waals surface area (Å²) < 4.78 is 7.46. The van der Waals surface area contributed by atoms with E-state index in [9.17, 15) is 4.79 Å². The zero-order valence-electron chi connectivity index (χ0n) is 20.0. The van der Waals surface area contributed by atoms with E-state index in [1.807, 2.05) is 48.5 Å². The lowest BCUT2D eigenvalue weighted by atomic mass is 9.94. The number of hydrogen-bond acceptors (Lipinski definition) is 4. The molecule has 0 aliphatic rings. The second-order valence-electron chi connectivity index (χ2n) is 9.42. The minimum absolute atomic E-state index is 0.0906. The minimum Gasteiger partial charge on any atom is -0.363 e. The summed E-state index contributed by atoms with van der Waals surface area (Å²) in [5.74, 6) is -0.0986. The van der Waals surface area contributed by atoms with E-state index >= 15 is 0 Å². The second-order valence-corrected chi connectivity index (χ2v) is 15.0. The maximum Gasteiger partial charge on any atom is 0.286 e. The third kappa shape index (κ3) is 5.16. The van der Waals surface area contributed by atoms with Crippen molar-refractivity contribution in [1.29, 1.82) is 0 Å². The smallest absolute Gasteiger partial charge is 0.286 e. The van der Waals surface area contributed by atoms with Crippen molar-refractivity contribution < 1.29 is 9.53 Å². The first-order valence-electron chi connectivity index (χ1n) is 11.4. The van der Waals surface area contributed by atoms with E-state index in [1.165, 1.54) is 4.68 Å². The number of carbonyl (C=O) groups is 1. The number of carbonyl (C=O) groups excluding carboxylic acids is 1. The fourth-order valence-corrected chi connectivity index (χ4v) is 4.17. The maximum atomic E-state index is 12.0. The SMILES string of the molecule is CC(OCn1nc(-c2cccc(-c3ccccc3-c3ccccc3)c2)nc1C(N)=O)[Si](C)(C)C. The van der Waals surface area contributed by atoms with Gasteiger partial charge >= 0.3 is 0 Å². The Hall–Kier alpha value is -3.55. The van der Waals surface area contributed by atoms with Crippen LogP contribution in [0.15, 0.2) is 78.9 Å². The first-order valence-corrected chi connectivity index (χ1v) is 14.9. The van der Waals surface area contributed by atoms with Crippen LogP contribution in [0.4, 0.5) is 0 Å². The van der Waals surface area contributed by atoms with Crippen LogP contribution < -0.4 is 5.73 Å². The van der Waals surface area contributed by atoms with Crippen LogP contribution in [0.5, 0.6) is 0 Å². The van der Waals surface area contributed by atoms with Gasteiger partial charge in [-0.25, -0.2) is 9.67 Å². The molecular formula is C27H30N4O2Si. The van der Waals surface area contributed by atoms with Gasteiger partial charge < -0.3 is 10.5 Å². The number of ether oxygens (including phenoxy) is 1. The summed E-state index contributed by atoms with van der Waals surface area (Å²) in [5.41, 5.74) is 10.9. The quantitative estimate of drug-likeness (QED) is 0.339. The van der Waals surface area contributed by atoms with Crippen LogP contribution in [-0.2, 0) is 11.5 Å². The number of nitrogens with two attached hydrogens (primary N) is 1. The first kappa shape index (κ1) is 23.6. The zero-order chi connectivity index (χ0) is 24.3. The summed E-state index contributed by atoms with van der Waals surface area (Å²) >= 11 is 0. The lowest BCUT2D eigenvalue weighted by Crippen LogP contribution is -2.38. The molecule has 4 rings (SSSR count). The largest absolute Gasteiger partial charge is 0.363 e. The van der Waals surface area contributed by atoms with Crippen LogP contribution in [0.1, 0.15) is 17.5 Å². The molecule has 4 aromatic rings. The van der Waals surface area contributed by atoms with E-state index < -0.39 is 14.0 Å². The Kier molecular flexibility index (Phi) is 6.76. The van der Waals surface area contributed by atoms with Gasteiger partial charge in [0.2, 0.25) is 5.82 Å². The van der Waals surface area contributed by atoms with E-state index in [2.05, 4.69) is 67.0 Å². The summed E-state index contributed by atoms with van der Waals surface area (Å²) in [6.45, 7) is 8.89. The highest BCUT2D eigenvalue weighted by Gasteiger charge is 2.24. The van der Waals surface area contributed by atoms with E-state index in [4.69, 9.17) is 10.5 Å². The van der Waals surface area contributed by atoms with Gasteiger partial charge in [-0.1, -0.05) is 92.4 Å². The summed E-state index contributed by atoms with van der Waals surface area (Å²) in [5, 5.41) is 4.57. The van der Waals surface area contributed by atoms with Crippen molar-refractivity contribution in [3.63, 3.8) is 0 Å². The molecule has 6 nitrogen and oxygen atoms in total. The van der Waals surface area contributed by atoms with Crippen molar-refractivity contribution in [3.8, 4) is 33.6 Å². The van der Waals surface area contributed by atoms with E-state index in [0.717, 1.165) is 27.8 Å². The summed E-state index contributed by atoms with van der Waals surface area (Å²) in [6.07, 6.45) is 0. The van der Waals surface area contributed by atoms with Gasteiger partial charge in [-0.05, 0) is 35.2 Å². The molecule has 3 aromatic carbocycles. The second kappa shape index (κ2) is 9.75. The van der Waals surface area contributed by atoms with Gasteiger partial charge in [-0.15, -0.1) is 5.10 Å². The van der Waals surface area contributed by atoms with Crippen molar-refractivity contribution in [3.05, 3.63) is 84.7 Å². The minimum atomic E-state index is -1.49. The molecule has 0 aliphatic carbocycles. The molecule has 0 saturated heterocycles. The summed E-state index contributed by atoms with van der Waals surface area (Å²) in [7, 11) is -1.49. The van der Waals surface area contributed by atoms with Crippen LogP contribution in [0.3, 0.4) is 0 Å². The average molecular weight is 471 g/mol. The zero-order valence-corrected chi connectivity index (χ0v) is 21.0. The Balaban J connectivity index is 1.69. The number of primary amides is 1. The molecule has 0 radical (unpaired) electrons. The molecule has 1 atom stereocenters. The lowest BCUT2D eigenvalue weighted by molar-refractivity contribution is 0.0464. The molecule has 0 aliphatic heterocycles. The molecule has 1 heterocycles. The predicted octanol–water partition coefficient (Wildman–Crippen LogP) is 5.62. The van der Waals surface area contributed by atoms with Crippen molar-refractivity contribution >= 4 is 14.0 Å². The molecule has 34 heavy (non-hydrogen) atoms. The molecule has 174 valence electrons. The monoisotopic (exact) mass is 470 g/mol.